The Balaban J connectivity index is 1.71. The lowest BCUT2D eigenvalue weighted by Crippen LogP contribution is -2.38. The number of hydrogen-bond acceptors (Lipinski definition) is 3. The van der Waals surface area contributed by atoms with Gasteiger partial charge in [0.25, 0.3) is 5.91 Å². The minimum atomic E-state index is -4.63. The zero-order valence-electron chi connectivity index (χ0n) is 16.4. The molecule has 0 saturated heterocycles. The highest BCUT2D eigenvalue weighted by atomic mass is 19.4. The number of benzene rings is 2. The quantitative estimate of drug-likeness (QED) is 0.542. The third-order valence-corrected chi connectivity index (χ3v) is 4.46. The summed E-state index contributed by atoms with van der Waals surface area (Å²) in [5.41, 5.74) is -0.808. The number of halogens is 4. The summed E-state index contributed by atoms with van der Waals surface area (Å²) in [5, 5.41) is 2.21. The van der Waals surface area contributed by atoms with Crippen LogP contribution in [0.4, 0.5) is 23.2 Å². The van der Waals surface area contributed by atoms with E-state index >= 15 is 0 Å². The number of amides is 2. The fourth-order valence-electron chi connectivity index (χ4n) is 2.91. The first kappa shape index (κ1) is 22.1. The van der Waals surface area contributed by atoms with Crippen molar-refractivity contribution in [3.05, 3.63) is 77.8 Å². The van der Waals surface area contributed by atoms with Crippen molar-refractivity contribution < 1.29 is 31.6 Å². The number of carbonyl (C=O) groups excluding carboxylic acids is 2. The molecule has 0 aliphatic heterocycles. The molecular weight excluding hydrogens is 416 g/mol. The summed E-state index contributed by atoms with van der Waals surface area (Å²) >= 11 is 0. The van der Waals surface area contributed by atoms with E-state index in [0.29, 0.717) is 11.3 Å². The molecule has 2 aromatic carbocycles. The molecule has 0 spiro atoms. The zero-order valence-corrected chi connectivity index (χ0v) is 16.4. The SMILES string of the molecule is CCN(CC(=O)Nc1ccccc1C(F)(F)F)C(=O)c1ccc(-c2ccc(F)cc2)o1. The first-order valence-corrected chi connectivity index (χ1v) is 9.30. The summed E-state index contributed by atoms with van der Waals surface area (Å²) in [6.07, 6.45) is -4.63. The predicted molar refractivity (Wildman–Crippen MR) is 106 cm³/mol. The highest BCUT2D eigenvalue weighted by molar-refractivity contribution is 5.98. The van der Waals surface area contributed by atoms with Crippen molar-refractivity contribution in [1.29, 1.82) is 0 Å². The smallest absolute Gasteiger partial charge is 0.418 e. The van der Waals surface area contributed by atoms with E-state index in [1.165, 1.54) is 48.5 Å². The summed E-state index contributed by atoms with van der Waals surface area (Å²) in [6.45, 7) is 1.28. The minimum Gasteiger partial charge on any atom is -0.451 e. The van der Waals surface area contributed by atoms with Crippen molar-refractivity contribution >= 4 is 17.5 Å². The molecule has 0 unspecified atom stereocenters. The number of anilines is 1. The Morgan fingerprint density at radius 2 is 1.68 bits per heavy atom. The average molecular weight is 434 g/mol. The van der Waals surface area contributed by atoms with Crippen molar-refractivity contribution in [2.24, 2.45) is 0 Å². The highest BCUT2D eigenvalue weighted by Gasteiger charge is 2.33. The maximum Gasteiger partial charge on any atom is 0.418 e. The molecule has 5 nitrogen and oxygen atoms in total. The molecule has 2 amide bonds. The van der Waals surface area contributed by atoms with Gasteiger partial charge in [-0.2, -0.15) is 13.2 Å². The Bertz CT molecular complexity index is 1070. The van der Waals surface area contributed by atoms with Gasteiger partial charge in [-0.05, 0) is 55.5 Å². The van der Waals surface area contributed by atoms with Crippen molar-refractivity contribution in [2.45, 2.75) is 13.1 Å². The van der Waals surface area contributed by atoms with Crippen molar-refractivity contribution in [2.75, 3.05) is 18.4 Å². The number of hydrogen-bond donors (Lipinski definition) is 1. The van der Waals surface area contributed by atoms with Gasteiger partial charge in [0.2, 0.25) is 5.91 Å². The van der Waals surface area contributed by atoms with E-state index in [2.05, 4.69) is 5.32 Å². The van der Waals surface area contributed by atoms with Gasteiger partial charge < -0.3 is 14.6 Å². The molecule has 1 aromatic heterocycles. The maximum atomic E-state index is 13.1. The van der Waals surface area contributed by atoms with Crippen molar-refractivity contribution in [3.63, 3.8) is 0 Å². The Morgan fingerprint density at radius 3 is 2.32 bits per heavy atom. The second-order valence-electron chi connectivity index (χ2n) is 6.58. The summed E-state index contributed by atoms with van der Waals surface area (Å²) in [5.74, 6) is -1.51. The van der Waals surface area contributed by atoms with Crippen LogP contribution in [0.15, 0.2) is 65.1 Å². The monoisotopic (exact) mass is 434 g/mol. The molecule has 9 heteroatoms. The number of furan rings is 1. The molecule has 0 aliphatic carbocycles. The van der Waals surface area contributed by atoms with Gasteiger partial charge in [0, 0.05) is 12.1 Å². The largest absolute Gasteiger partial charge is 0.451 e. The third kappa shape index (κ3) is 5.30. The topological polar surface area (TPSA) is 62.6 Å². The molecule has 3 rings (SSSR count). The number of rotatable bonds is 6. The normalized spacial score (nSPS) is 11.3. The zero-order chi connectivity index (χ0) is 22.6. The fourth-order valence-corrected chi connectivity index (χ4v) is 2.91. The molecule has 0 bridgehead atoms. The van der Waals surface area contributed by atoms with E-state index in [4.69, 9.17) is 4.42 Å². The van der Waals surface area contributed by atoms with Crippen LogP contribution in [0.2, 0.25) is 0 Å². The second kappa shape index (κ2) is 9.03. The van der Waals surface area contributed by atoms with E-state index in [9.17, 15) is 27.2 Å². The van der Waals surface area contributed by atoms with Crippen LogP contribution in [0, 0.1) is 5.82 Å². The van der Waals surface area contributed by atoms with Gasteiger partial charge in [0.1, 0.15) is 18.1 Å². The first-order chi connectivity index (χ1) is 14.7. The molecular formula is C22H18F4N2O3. The summed E-state index contributed by atoms with van der Waals surface area (Å²) < 4.78 is 57.9. The Morgan fingerprint density at radius 1 is 1.00 bits per heavy atom. The van der Waals surface area contributed by atoms with E-state index in [-0.39, 0.29) is 18.0 Å². The van der Waals surface area contributed by atoms with E-state index < -0.39 is 35.9 Å². The number of nitrogens with zero attached hydrogens (tertiary/aromatic N) is 1. The van der Waals surface area contributed by atoms with Crippen molar-refractivity contribution in [1.82, 2.24) is 4.90 Å². The van der Waals surface area contributed by atoms with Crippen LogP contribution in [-0.2, 0) is 11.0 Å². The predicted octanol–water partition coefficient (Wildman–Crippen LogP) is 5.21. The molecule has 162 valence electrons. The van der Waals surface area contributed by atoms with Crippen LogP contribution in [-0.4, -0.2) is 29.8 Å². The molecule has 0 atom stereocenters. The van der Waals surface area contributed by atoms with Crippen LogP contribution in [0.25, 0.3) is 11.3 Å². The molecule has 0 fully saturated rings. The molecule has 0 aliphatic rings. The van der Waals surface area contributed by atoms with Gasteiger partial charge >= 0.3 is 6.18 Å². The Hall–Kier alpha value is -3.62. The van der Waals surface area contributed by atoms with Crippen LogP contribution >= 0.6 is 0 Å². The van der Waals surface area contributed by atoms with Gasteiger partial charge in [0.05, 0.1) is 11.3 Å². The lowest BCUT2D eigenvalue weighted by Gasteiger charge is -2.20. The lowest BCUT2D eigenvalue weighted by molar-refractivity contribution is -0.137. The molecule has 1 N–H and O–H groups in total. The summed E-state index contributed by atoms with van der Waals surface area (Å²) in [4.78, 5) is 26.2. The van der Waals surface area contributed by atoms with Crippen molar-refractivity contribution in [3.8, 4) is 11.3 Å². The van der Waals surface area contributed by atoms with Crippen LogP contribution in [0.1, 0.15) is 23.0 Å². The van der Waals surface area contributed by atoms with Crippen LogP contribution in [0.3, 0.4) is 0 Å². The van der Waals surface area contributed by atoms with Crippen LogP contribution < -0.4 is 5.32 Å². The number of likely N-dealkylation sites (N-methyl/N-ethyl adjacent to an activating group) is 1. The van der Waals surface area contributed by atoms with Gasteiger partial charge in [-0.1, -0.05) is 12.1 Å². The fraction of sp³-hybridized carbons (Fsp3) is 0.182. The number of nitrogens with one attached hydrogen (secondary N) is 1. The Kier molecular flexibility index (Phi) is 6.43. The first-order valence-electron chi connectivity index (χ1n) is 9.30. The van der Waals surface area contributed by atoms with E-state index in [1.54, 1.807) is 6.92 Å². The highest BCUT2D eigenvalue weighted by Crippen LogP contribution is 2.34. The number of para-hydroxylation sites is 1. The number of alkyl halides is 3. The summed E-state index contributed by atoms with van der Waals surface area (Å²) in [7, 11) is 0. The maximum absolute atomic E-state index is 13.1. The van der Waals surface area contributed by atoms with Gasteiger partial charge in [-0.15, -0.1) is 0 Å². The standard InChI is InChI=1S/C22H18F4N2O3/c1-2-28(13-20(29)27-17-6-4-3-5-16(17)22(24,25)26)21(30)19-12-11-18(31-19)14-7-9-15(23)10-8-14/h3-12H,2,13H2,1H3,(H,27,29). The average Bonchev–Trinajstić information content (AvgIpc) is 3.22. The van der Waals surface area contributed by atoms with E-state index in [0.717, 1.165) is 17.0 Å². The lowest BCUT2D eigenvalue weighted by atomic mass is 10.1. The molecule has 0 saturated carbocycles. The van der Waals surface area contributed by atoms with Gasteiger partial charge in [-0.3, -0.25) is 9.59 Å². The van der Waals surface area contributed by atoms with Crippen LogP contribution in [0.5, 0.6) is 0 Å². The molecule has 1 heterocycles. The van der Waals surface area contributed by atoms with Gasteiger partial charge in [0.15, 0.2) is 5.76 Å². The molecule has 0 radical (unpaired) electrons. The molecule has 31 heavy (non-hydrogen) atoms. The Labute approximate surface area is 175 Å². The number of carbonyl (C=O) groups is 2. The second-order valence-corrected chi connectivity index (χ2v) is 6.58. The van der Waals surface area contributed by atoms with Gasteiger partial charge in [-0.25, -0.2) is 4.39 Å². The van der Waals surface area contributed by atoms with E-state index in [1.807, 2.05) is 0 Å². The molecule has 3 aromatic rings. The summed E-state index contributed by atoms with van der Waals surface area (Å²) in [6, 6.07) is 13.0. The third-order valence-electron chi connectivity index (χ3n) is 4.46. The minimum absolute atomic E-state index is 0.0512.